The zero-order valence-corrected chi connectivity index (χ0v) is 11.7. The van der Waals surface area contributed by atoms with E-state index < -0.39 is 12.0 Å². The summed E-state index contributed by atoms with van der Waals surface area (Å²) in [6, 6.07) is 3.84. The number of aromatic carboxylic acids is 1. The molecule has 1 aromatic heterocycles. The van der Waals surface area contributed by atoms with Crippen LogP contribution in [0.2, 0.25) is 5.02 Å². The van der Waals surface area contributed by atoms with Gasteiger partial charge in [0, 0.05) is 31.2 Å². The highest BCUT2D eigenvalue weighted by Gasteiger charge is 2.10. The highest BCUT2D eigenvalue weighted by atomic mass is 35.5. The number of carboxylic acids is 1. The summed E-state index contributed by atoms with van der Waals surface area (Å²) in [5, 5.41) is 14.3. The Bertz CT molecular complexity index is 643. The SMILES string of the molecule is O=C(NCCn1ccnc1)Nc1ccc(Cl)c(C(=O)O)c1. The number of anilines is 1. The molecule has 0 spiro atoms. The molecule has 0 unspecified atom stereocenters. The summed E-state index contributed by atoms with van der Waals surface area (Å²) in [5.41, 5.74) is 0.296. The van der Waals surface area contributed by atoms with Crippen molar-refractivity contribution in [3.63, 3.8) is 0 Å². The van der Waals surface area contributed by atoms with Crippen molar-refractivity contribution in [2.45, 2.75) is 6.54 Å². The molecule has 0 atom stereocenters. The number of urea groups is 1. The molecule has 0 aliphatic rings. The maximum Gasteiger partial charge on any atom is 0.337 e. The summed E-state index contributed by atoms with van der Waals surface area (Å²) >= 11 is 5.75. The van der Waals surface area contributed by atoms with Crippen LogP contribution in [0.3, 0.4) is 0 Å². The molecule has 7 nitrogen and oxygen atoms in total. The van der Waals surface area contributed by atoms with Gasteiger partial charge >= 0.3 is 12.0 Å². The Morgan fingerprint density at radius 3 is 2.86 bits per heavy atom. The lowest BCUT2D eigenvalue weighted by Gasteiger charge is -2.09. The molecule has 0 radical (unpaired) electrons. The molecule has 2 aromatic rings. The number of carbonyl (C=O) groups excluding carboxylic acids is 1. The van der Waals surface area contributed by atoms with Crippen molar-refractivity contribution in [1.29, 1.82) is 0 Å². The van der Waals surface area contributed by atoms with E-state index in [1.165, 1.54) is 18.2 Å². The van der Waals surface area contributed by atoms with Crippen LogP contribution in [0.1, 0.15) is 10.4 Å². The van der Waals surface area contributed by atoms with Crippen molar-refractivity contribution in [1.82, 2.24) is 14.9 Å². The quantitative estimate of drug-likeness (QED) is 0.787. The third kappa shape index (κ3) is 4.22. The Kier molecular flexibility index (Phi) is 4.78. The molecular formula is C13H13ClN4O3. The van der Waals surface area contributed by atoms with Crippen LogP contribution < -0.4 is 10.6 Å². The number of aromatic nitrogens is 2. The number of amides is 2. The molecule has 21 heavy (non-hydrogen) atoms. The minimum Gasteiger partial charge on any atom is -0.478 e. The predicted molar refractivity (Wildman–Crippen MR) is 77.7 cm³/mol. The summed E-state index contributed by atoms with van der Waals surface area (Å²) in [6.07, 6.45) is 5.09. The Hall–Kier alpha value is -2.54. The fourth-order valence-electron chi connectivity index (χ4n) is 1.66. The molecule has 0 aliphatic heterocycles. The number of hydrogen-bond acceptors (Lipinski definition) is 3. The van der Waals surface area contributed by atoms with Gasteiger partial charge < -0.3 is 20.3 Å². The standard InChI is InChI=1S/C13H13ClN4O3/c14-11-2-1-9(7-10(11)12(19)20)17-13(21)16-4-6-18-5-3-15-8-18/h1-3,5,7-8H,4,6H2,(H,19,20)(H2,16,17,21). The number of rotatable bonds is 5. The zero-order chi connectivity index (χ0) is 15.2. The third-order valence-corrected chi connectivity index (χ3v) is 3.00. The van der Waals surface area contributed by atoms with Crippen molar-refractivity contribution in [2.24, 2.45) is 0 Å². The van der Waals surface area contributed by atoms with Gasteiger partial charge in [0.05, 0.1) is 16.9 Å². The molecule has 0 aliphatic carbocycles. The maximum absolute atomic E-state index is 11.7. The van der Waals surface area contributed by atoms with Gasteiger partial charge in [0.15, 0.2) is 0 Å². The molecule has 1 aromatic carbocycles. The highest BCUT2D eigenvalue weighted by molar-refractivity contribution is 6.33. The Morgan fingerprint density at radius 2 is 2.19 bits per heavy atom. The number of carbonyl (C=O) groups is 2. The molecule has 2 rings (SSSR count). The molecule has 110 valence electrons. The van der Waals surface area contributed by atoms with E-state index in [1.54, 1.807) is 18.7 Å². The van der Waals surface area contributed by atoms with Crippen LogP contribution in [-0.2, 0) is 6.54 Å². The van der Waals surface area contributed by atoms with Crippen LogP contribution >= 0.6 is 11.6 Å². The summed E-state index contributed by atoms with van der Waals surface area (Å²) < 4.78 is 1.82. The van der Waals surface area contributed by atoms with E-state index in [0.29, 0.717) is 18.8 Å². The fourth-order valence-corrected chi connectivity index (χ4v) is 1.86. The van der Waals surface area contributed by atoms with Crippen molar-refractivity contribution >= 4 is 29.3 Å². The van der Waals surface area contributed by atoms with Gasteiger partial charge in [-0.25, -0.2) is 14.6 Å². The van der Waals surface area contributed by atoms with Gasteiger partial charge in [-0.2, -0.15) is 0 Å². The lowest BCUT2D eigenvalue weighted by Crippen LogP contribution is -2.31. The minimum atomic E-state index is -1.15. The smallest absolute Gasteiger partial charge is 0.337 e. The molecular weight excluding hydrogens is 296 g/mol. The zero-order valence-electron chi connectivity index (χ0n) is 10.9. The van der Waals surface area contributed by atoms with Gasteiger partial charge in [0.25, 0.3) is 0 Å². The highest BCUT2D eigenvalue weighted by Crippen LogP contribution is 2.20. The summed E-state index contributed by atoms with van der Waals surface area (Å²) in [4.78, 5) is 26.5. The molecule has 8 heteroatoms. The second kappa shape index (κ2) is 6.76. The maximum atomic E-state index is 11.7. The topological polar surface area (TPSA) is 96.3 Å². The van der Waals surface area contributed by atoms with E-state index in [-0.39, 0.29) is 10.6 Å². The van der Waals surface area contributed by atoms with Crippen molar-refractivity contribution < 1.29 is 14.7 Å². The molecule has 0 saturated heterocycles. The molecule has 0 saturated carbocycles. The van der Waals surface area contributed by atoms with Gasteiger partial charge in [-0.1, -0.05) is 11.6 Å². The van der Waals surface area contributed by atoms with Crippen LogP contribution in [0.5, 0.6) is 0 Å². The number of carboxylic acid groups (broad SMARTS) is 1. The van der Waals surface area contributed by atoms with E-state index in [9.17, 15) is 9.59 Å². The van der Waals surface area contributed by atoms with Crippen LogP contribution in [0, 0.1) is 0 Å². The molecule has 1 heterocycles. The van der Waals surface area contributed by atoms with Crippen molar-refractivity contribution in [3.8, 4) is 0 Å². The first-order chi connectivity index (χ1) is 10.1. The average Bonchev–Trinajstić information content (AvgIpc) is 2.94. The number of hydrogen-bond donors (Lipinski definition) is 3. The van der Waals surface area contributed by atoms with Gasteiger partial charge in [0.1, 0.15) is 0 Å². The lowest BCUT2D eigenvalue weighted by atomic mass is 10.2. The normalized spacial score (nSPS) is 10.1. The third-order valence-electron chi connectivity index (χ3n) is 2.67. The monoisotopic (exact) mass is 308 g/mol. The Labute approximate surface area is 125 Å². The van der Waals surface area contributed by atoms with Crippen LogP contribution in [0.15, 0.2) is 36.9 Å². The first-order valence-electron chi connectivity index (χ1n) is 6.09. The predicted octanol–water partition coefficient (Wildman–Crippen LogP) is 2.06. The first kappa shape index (κ1) is 14.9. The van der Waals surface area contributed by atoms with E-state index in [4.69, 9.17) is 16.7 Å². The van der Waals surface area contributed by atoms with E-state index in [2.05, 4.69) is 15.6 Å². The number of imidazole rings is 1. The number of nitrogens with one attached hydrogen (secondary N) is 2. The van der Waals surface area contributed by atoms with Crippen LogP contribution in [-0.4, -0.2) is 33.2 Å². The Balaban J connectivity index is 1.87. The van der Waals surface area contributed by atoms with Crippen LogP contribution in [0.4, 0.5) is 10.5 Å². The lowest BCUT2D eigenvalue weighted by molar-refractivity contribution is 0.0697. The molecule has 0 bridgehead atoms. The van der Waals surface area contributed by atoms with Crippen LogP contribution in [0.25, 0.3) is 0 Å². The summed E-state index contributed by atoms with van der Waals surface area (Å²) in [7, 11) is 0. The van der Waals surface area contributed by atoms with Crippen molar-refractivity contribution in [3.05, 3.63) is 47.5 Å². The minimum absolute atomic E-state index is 0.0621. The second-order valence-corrected chi connectivity index (χ2v) is 4.59. The number of benzene rings is 1. The first-order valence-corrected chi connectivity index (χ1v) is 6.47. The van der Waals surface area contributed by atoms with E-state index in [0.717, 1.165) is 0 Å². The van der Waals surface area contributed by atoms with Gasteiger partial charge in [-0.3, -0.25) is 0 Å². The van der Waals surface area contributed by atoms with E-state index in [1.807, 2.05) is 4.57 Å². The summed E-state index contributed by atoms with van der Waals surface area (Å²) in [5.74, 6) is -1.15. The molecule has 0 fully saturated rings. The fraction of sp³-hybridized carbons (Fsp3) is 0.154. The Morgan fingerprint density at radius 1 is 1.38 bits per heavy atom. The average molecular weight is 309 g/mol. The largest absolute Gasteiger partial charge is 0.478 e. The number of halogens is 1. The number of nitrogens with zero attached hydrogens (tertiary/aromatic N) is 2. The van der Waals surface area contributed by atoms with Crippen molar-refractivity contribution in [2.75, 3.05) is 11.9 Å². The van der Waals surface area contributed by atoms with Gasteiger partial charge in [-0.05, 0) is 18.2 Å². The van der Waals surface area contributed by atoms with Gasteiger partial charge in [-0.15, -0.1) is 0 Å². The summed E-state index contributed by atoms with van der Waals surface area (Å²) in [6.45, 7) is 1.01. The second-order valence-electron chi connectivity index (χ2n) is 4.18. The van der Waals surface area contributed by atoms with Gasteiger partial charge in [0.2, 0.25) is 0 Å². The molecule has 3 N–H and O–H groups in total. The van der Waals surface area contributed by atoms with E-state index >= 15 is 0 Å². The molecule has 2 amide bonds.